The van der Waals surface area contributed by atoms with Gasteiger partial charge in [0, 0.05) is 45.8 Å². The number of hydrogen-bond acceptors (Lipinski definition) is 5. The molecule has 0 aromatic heterocycles. The van der Waals surface area contributed by atoms with E-state index in [-0.39, 0.29) is 11.3 Å². The van der Waals surface area contributed by atoms with Crippen molar-refractivity contribution in [3.05, 3.63) is 24.3 Å². The Labute approximate surface area is 169 Å². The van der Waals surface area contributed by atoms with Crippen LogP contribution in [0.25, 0.3) is 0 Å². The first-order valence-electron chi connectivity index (χ1n) is 10.3. The first kappa shape index (κ1) is 20.9. The zero-order valence-electron chi connectivity index (χ0n) is 17.8. The van der Waals surface area contributed by atoms with Crippen molar-refractivity contribution in [3.8, 4) is 5.75 Å². The summed E-state index contributed by atoms with van der Waals surface area (Å²) in [5.74, 6) is 0.788. The Hall–Kier alpha value is -1.79. The van der Waals surface area contributed by atoms with E-state index in [2.05, 4.69) is 36.6 Å². The van der Waals surface area contributed by atoms with E-state index in [4.69, 9.17) is 4.74 Å². The average Bonchev–Trinajstić information content (AvgIpc) is 2.65. The molecule has 6 heteroatoms. The zero-order valence-corrected chi connectivity index (χ0v) is 17.8. The molecule has 0 radical (unpaired) electrons. The highest BCUT2D eigenvalue weighted by Gasteiger charge is 2.44. The summed E-state index contributed by atoms with van der Waals surface area (Å²) >= 11 is 0. The number of benzene rings is 1. The van der Waals surface area contributed by atoms with Gasteiger partial charge in [-0.3, -0.25) is 9.69 Å². The lowest BCUT2D eigenvalue weighted by Crippen LogP contribution is -2.61. The van der Waals surface area contributed by atoms with E-state index in [9.17, 15) is 9.90 Å². The number of methoxy groups -OCH3 is 1. The predicted octanol–water partition coefficient (Wildman–Crippen LogP) is 2.22. The smallest absolute Gasteiger partial charge is 0.255 e. The first-order chi connectivity index (χ1) is 13.2. The number of hydrogen-bond donors (Lipinski definition) is 1. The fraction of sp³-hybridized carbons (Fsp3) is 0.682. The van der Waals surface area contributed by atoms with Gasteiger partial charge in [-0.1, -0.05) is 32.9 Å². The highest BCUT2D eigenvalue weighted by atomic mass is 16.5. The second-order valence-corrected chi connectivity index (χ2v) is 9.36. The van der Waals surface area contributed by atoms with Gasteiger partial charge < -0.3 is 19.6 Å². The topological polar surface area (TPSA) is 56.2 Å². The van der Waals surface area contributed by atoms with Crippen LogP contribution in [-0.4, -0.2) is 79.3 Å². The van der Waals surface area contributed by atoms with Crippen molar-refractivity contribution in [1.29, 1.82) is 0 Å². The molecule has 28 heavy (non-hydrogen) atoms. The Morgan fingerprint density at radius 2 is 1.79 bits per heavy atom. The van der Waals surface area contributed by atoms with Gasteiger partial charge in [0.25, 0.3) is 5.91 Å². The molecular weight excluding hydrogens is 354 g/mol. The fourth-order valence-electron chi connectivity index (χ4n) is 4.34. The number of amides is 1. The number of carbonyl (C=O) groups is 1. The molecule has 3 rings (SSSR count). The van der Waals surface area contributed by atoms with Crippen molar-refractivity contribution in [2.45, 2.75) is 39.2 Å². The maximum Gasteiger partial charge on any atom is 0.255 e. The van der Waals surface area contributed by atoms with Gasteiger partial charge in [0.15, 0.2) is 5.60 Å². The number of β-amino-alcohol motifs (C(OH)–C–C–N with tert-alkyl or cyclic N) is 1. The lowest BCUT2D eigenvalue weighted by Gasteiger charge is -2.44. The lowest BCUT2D eigenvalue weighted by molar-refractivity contribution is -0.161. The highest BCUT2D eigenvalue weighted by Crippen LogP contribution is 2.30. The third kappa shape index (κ3) is 4.78. The molecule has 0 bridgehead atoms. The van der Waals surface area contributed by atoms with Gasteiger partial charge >= 0.3 is 0 Å². The minimum Gasteiger partial charge on any atom is -0.495 e. The van der Waals surface area contributed by atoms with Crippen LogP contribution in [0, 0.1) is 5.41 Å². The highest BCUT2D eigenvalue weighted by molar-refractivity contribution is 5.86. The van der Waals surface area contributed by atoms with Crippen molar-refractivity contribution in [2.75, 3.05) is 57.8 Å². The third-order valence-corrected chi connectivity index (χ3v) is 5.65. The predicted molar refractivity (Wildman–Crippen MR) is 112 cm³/mol. The molecule has 2 aliphatic rings. The average molecular weight is 390 g/mol. The van der Waals surface area contributed by atoms with E-state index in [1.807, 2.05) is 23.1 Å². The number of anilines is 1. The summed E-state index contributed by atoms with van der Waals surface area (Å²) in [7, 11) is 1.70. The van der Waals surface area contributed by atoms with E-state index in [1.54, 1.807) is 7.11 Å². The summed E-state index contributed by atoms with van der Waals surface area (Å²) in [5.41, 5.74) is -0.113. The minimum absolute atomic E-state index is 0.0360. The molecule has 1 amide bonds. The minimum atomic E-state index is -1.25. The standard InChI is InChI=1S/C22H35N3O3/c1-21(2,3)16-25-11-7-10-22(27,20(25)26)17-23-12-14-24(15-13-23)18-8-5-6-9-19(18)28-4/h5-6,8-9,27H,7,10-17H2,1-4H3. The zero-order chi connectivity index (χ0) is 20.4. The molecule has 6 nitrogen and oxygen atoms in total. The van der Waals surface area contributed by atoms with Crippen LogP contribution in [-0.2, 0) is 4.79 Å². The van der Waals surface area contributed by atoms with Crippen LogP contribution >= 0.6 is 0 Å². The summed E-state index contributed by atoms with van der Waals surface area (Å²) in [6.45, 7) is 11.6. The van der Waals surface area contributed by atoms with Crippen LogP contribution in [0.2, 0.25) is 0 Å². The van der Waals surface area contributed by atoms with Gasteiger partial charge in [-0.05, 0) is 30.4 Å². The van der Waals surface area contributed by atoms with Gasteiger partial charge in [-0.25, -0.2) is 0 Å². The summed E-state index contributed by atoms with van der Waals surface area (Å²) in [5, 5.41) is 11.2. The second kappa shape index (κ2) is 8.29. The molecule has 1 aromatic rings. The van der Waals surface area contributed by atoms with Crippen LogP contribution in [0.15, 0.2) is 24.3 Å². The SMILES string of the molecule is COc1ccccc1N1CCN(CC2(O)CCCN(CC(C)(C)C)C2=O)CC1. The van der Waals surface area contributed by atoms with Crippen molar-refractivity contribution in [3.63, 3.8) is 0 Å². The first-order valence-corrected chi connectivity index (χ1v) is 10.3. The van der Waals surface area contributed by atoms with Crippen LogP contribution in [0.1, 0.15) is 33.6 Å². The fourth-order valence-corrected chi connectivity index (χ4v) is 4.34. The van der Waals surface area contributed by atoms with E-state index in [0.29, 0.717) is 19.5 Å². The van der Waals surface area contributed by atoms with Gasteiger partial charge in [0.2, 0.25) is 0 Å². The Balaban J connectivity index is 1.60. The Morgan fingerprint density at radius 3 is 2.43 bits per heavy atom. The normalized spacial score (nSPS) is 24.5. The van der Waals surface area contributed by atoms with Crippen molar-refractivity contribution >= 4 is 11.6 Å². The molecule has 2 fully saturated rings. The number of piperazine rings is 1. The Bertz CT molecular complexity index is 680. The molecule has 0 aliphatic carbocycles. The maximum atomic E-state index is 13.0. The molecule has 0 saturated carbocycles. The molecule has 2 saturated heterocycles. The number of carbonyl (C=O) groups excluding carboxylic acids is 1. The van der Waals surface area contributed by atoms with Crippen LogP contribution in [0.5, 0.6) is 5.75 Å². The van der Waals surface area contributed by atoms with Crippen LogP contribution < -0.4 is 9.64 Å². The van der Waals surface area contributed by atoms with Crippen LogP contribution in [0.4, 0.5) is 5.69 Å². The quantitative estimate of drug-likeness (QED) is 0.837. The molecule has 0 spiro atoms. The molecule has 2 aliphatic heterocycles. The molecule has 1 N–H and O–H groups in total. The number of likely N-dealkylation sites (tertiary alicyclic amines) is 1. The third-order valence-electron chi connectivity index (χ3n) is 5.65. The van der Waals surface area contributed by atoms with E-state index >= 15 is 0 Å². The summed E-state index contributed by atoms with van der Waals surface area (Å²) in [6, 6.07) is 8.07. The molecular formula is C22H35N3O3. The van der Waals surface area contributed by atoms with Gasteiger partial charge in [-0.15, -0.1) is 0 Å². The largest absolute Gasteiger partial charge is 0.495 e. The Kier molecular flexibility index (Phi) is 6.20. The van der Waals surface area contributed by atoms with Crippen molar-refractivity contribution in [2.24, 2.45) is 5.41 Å². The molecule has 2 heterocycles. The Morgan fingerprint density at radius 1 is 1.11 bits per heavy atom. The molecule has 1 unspecified atom stereocenters. The van der Waals surface area contributed by atoms with E-state index in [0.717, 1.165) is 50.6 Å². The van der Waals surface area contributed by atoms with Crippen molar-refractivity contribution in [1.82, 2.24) is 9.80 Å². The maximum absolute atomic E-state index is 13.0. The number of piperidine rings is 1. The van der Waals surface area contributed by atoms with Crippen LogP contribution in [0.3, 0.4) is 0 Å². The monoisotopic (exact) mass is 389 g/mol. The molecule has 1 aromatic carbocycles. The number of nitrogens with zero attached hydrogens (tertiary/aromatic N) is 3. The van der Waals surface area contributed by atoms with Gasteiger partial charge in [0.05, 0.1) is 12.8 Å². The van der Waals surface area contributed by atoms with E-state index < -0.39 is 5.60 Å². The number of aliphatic hydroxyl groups is 1. The summed E-state index contributed by atoms with van der Waals surface area (Å²) < 4.78 is 5.48. The van der Waals surface area contributed by atoms with E-state index in [1.165, 1.54) is 0 Å². The second-order valence-electron chi connectivity index (χ2n) is 9.36. The number of ether oxygens (including phenoxy) is 1. The number of rotatable bonds is 5. The lowest BCUT2D eigenvalue weighted by atomic mass is 9.88. The molecule has 156 valence electrons. The van der Waals surface area contributed by atoms with Gasteiger partial charge in [-0.2, -0.15) is 0 Å². The van der Waals surface area contributed by atoms with Gasteiger partial charge in [0.1, 0.15) is 5.75 Å². The molecule has 1 atom stereocenters. The summed E-state index contributed by atoms with van der Waals surface area (Å²) in [4.78, 5) is 19.4. The van der Waals surface area contributed by atoms with Crippen molar-refractivity contribution < 1.29 is 14.6 Å². The number of para-hydroxylation sites is 2. The summed E-state index contributed by atoms with van der Waals surface area (Å²) in [6.07, 6.45) is 1.42.